The van der Waals surface area contributed by atoms with Gasteiger partial charge in [-0.1, -0.05) is 11.6 Å². The lowest BCUT2D eigenvalue weighted by Gasteiger charge is -2.17. The van der Waals surface area contributed by atoms with Crippen LogP contribution in [0.25, 0.3) is 0 Å². The summed E-state index contributed by atoms with van der Waals surface area (Å²) in [7, 11) is -0.869. The summed E-state index contributed by atoms with van der Waals surface area (Å²) >= 11 is 7.65. The molecule has 0 heterocycles. The van der Waals surface area contributed by atoms with Gasteiger partial charge in [0.1, 0.15) is 0 Å². The van der Waals surface area contributed by atoms with E-state index in [1.807, 2.05) is 52.0 Å². The van der Waals surface area contributed by atoms with Gasteiger partial charge >= 0.3 is 0 Å². The number of rotatable bonds is 8. The zero-order valence-electron chi connectivity index (χ0n) is 14.9. The van der Waals surface area contributed by atoms with E-state index in [-0.39, 0.29) is 4.75 Å². The second-order valence-electron chi connectivity index (χ2n) is 6.15. The van der Waals surface area contributed by atoms with E-state index < -0.39 is 10.8 Å². The van der Waals surface area contributed by atoms with Gasteiger partial charge in [-0.05, 0) is 52.0 Å². The Morgan fingerprint density at radius 3 is 2.50 bits per heavy atom. The number of thioether (sulfide) groups is 1. The Morgan fingerprint density at radius 1 is 1.25 bits per heavy atom. The van der Waals surface area contributed by atoms with Crippen molar-refractivity contribution in [2.24, 2.45) is 4.99 Å². The van der Waals surface area contributed by atoms with Crippen LogP contribution >= 0.6 is 23.4 Å². The average molecular weight is 390 g/mol. The lowest BCUT2D eigenvalue weighted by Crippen LogP contribution is -2.38. The highest BCUT2D eigenvalue weighted by molar-refractivity contribution is 7.99. The standard InChI is InChI=1S/C17H28ClN3OS2/c1-5-19-16(21-11-13-24(22)17(2,3)4)20-10-12-23-15-8-6-14(18)7-9-15/h6-9H,5,10-13H2,1-4H3,(H2,19,20,21). The maximum absolute atomic E-state index is 12.0. The first-order valence-electron chi connectivity index (χ1n) is 8.12. The van der Waals surface area contributed by atoms with Crippen LogP contribution in [0.15, 0.2) is 34.2 Å². The lowest BCUT2D eigenvalue weighted by molar-refractivity contribution is 0.648. The fourth-order valence-electron chi connectivity index (χ4n) is 1.76. The van der Waals surface area contributed by atoms with E-state index >= 15 is 0 Å². The predicted octanol–water partition coefficient (Wildman–Crippen LogP) is 3.53. The molecule has 1 aromatic carbocycles. The molecule has 2 N–H and O–H groups in total. The Morgan fingerprint density at radius 2 is 1.92 bits per heavy atom. The third kappa shape index (κ3) is 8.94. The molecule has 0 saturated carbocycles. The Kier molecular flexibility index (Phi) is 9.78. The normalized spacial score (nSPS) is 13.6. The summed E-state index contributed by atoms with van der Waals surface area (Å²) in [5.41, 5.74) is 0. The Hall–Kier alpha value is -0.720. The molecule has 0 radical (unpaired) electrons. The topological polar surface area (TPSA) is 53.5 Å². The molecule has 1 unspecified atom stereocenters. The molecule has 0 bridgehead atoms. The van der Waals surface area contributed by atoms with Crippen molar-refractivity contribution in [3.05, 3.63) is 29.3 Å². The number of aliphatic imine (C=N–C) groups is 1. The van der Waals surface area contributed by atoms with Crippen LogP contribution in [0.5, 0.6) is 0 Å². The molecular formula is C17H28ClN3OS2. The molecule has 0 aliphatic carbocycles. The molecule has 0 aliphatic heterocycles. The summed E-state index contributed by atoms with van der Waals surface area (Å²) in [5, 5.41) is 7.28. The highest BCUT2D eigenvalue weighted by atomic mass is 35.5. The number of nitrogens with one attached hydrogen (secondary N) is 2. The van der Waals surface area contributed by atoms with Gasteiger partial charge in [0.15, 0.2) is 5.96 Å². The molecular weight excluding hydrogens is 362 g/mol. The Labute approximate surface area is 157 Å². The summed E-state index contributed by atoms with van der Waals surface area (Å²) in [5.74, 6) is 2.29. The first-order chi connectivity index (χ1) is 11.3. The highest BCUT2D eigenvalue weighted by Crippen LogP contribution is 2.19. The summed E-state index contributed by atoms with van der Waals surface area (Å²) in [4.78, 5) is 5.70. The van der Waals surface area contributed by atoms with Gasteiger partial charge in [0.25, 0.3) is 0 Å². The van der Waals surface area contributed by atoms with Gasteiger partial charge < -0.3 is 10.6 Å². The van der Waals surface area contributed by atoms with Gasteiger partial charge in [-0.2, -0.15) is 0 Å². The van der Waals surface area contributed by atoms with Crippen LogP contribution in [0.4, 0.5) is 0 Å². The molecule has 7 heteroatoms. The SMILES string of the molecule is CCNC(=NCCS(=O)C(C)(C)C)NCCSc1ccc(Cl)cc1. The van der Waals surface area contributed by atoms with Gasteiger partial charge in [0.2, 0.25) is 0 Å². The van der Waals surface area contributed by atoms with E-state index in [2.05, 4.69) is 15.6 Å². The second-order valence-corrected chi connectivity index (χ2v) is 10.1. The number of guanidine groups is 1. The number of hydrogen-bond acceptors (Lipinski definition) is 3. The molecule has 1 rings (SSSR count). The number of benzene rings is 1. The van der Waals surface area contributed by atoms with Crippen molar-refractivity contribution in [3.63, 3.8) is 0 Å². The van der Waals surface area contributed by atoms with Crippen molar-refractivity contribution in [3.8, 4) is 0 Å². The molecule has 0 saturated heterocycles. The van der Waals surface area contributed by atoms with E-state index in [4.69, 9.17) is 11.6 Å². The van der Waals surface area contributed by atoms with Crippen molar-refractivity contribution in [2.75, 3.05) is 31.1 Å². The predicted molar refractivity (Wildman–Crippen MR) is 109 cm³/mol. The molecule has 1 atom stereocenters. The first-order valence-corrected chi connectivity index (χ1v) is 10.8. The zero-order valence-corrected chi connectivity index (χ0v) is 17.3. The minimum absolute atomic E-state index is 0.184. The van der Waals surface area contributed by atoms with E-state index in [9.17, 15) is 4.21 Å². The highest BCUT2D eigenvalue weighted by Gasteiger charge is 2.18. The zero-order chi connectivity index (χ0) is 18.0. The second kappa shape index (κ2) is 11.0. The minimum Gasteiger partial charge on any atom is -0.357 e. The van der Waals surface area contributed by atoms with Crippen LogP contribution in [0.1, 0.15) is 27.7 Å². The molecule has 0 fully saturated rings. The van der Waals surface area contributed by atoms with Crippen LogP contribution < -0.4 is 10.6 Å². The maximum Gasteiger partial charge on any atom is 0.191 e. The van der Waals surface area contributed by atoms with E-state index in [1.54, 1.807) is 11.8 Å². The fourth-order valence-corrected chi connectivity index (χ4v) is 3.52. The number of hydrogen-bond donors (Lipinski definition) is 2. The summed E-state index contributed by atoms with van der Waals surface area (Å²) < 4.78 is 11.8. The van der Waals surface area contributed by atoms with E-state index in [1.165, 1.54) is 4.90 Å². The van der Waals surface area contributed by atoms with Crippen molar-refractivity contribution in [1.29, 1.82) is 0 Å². The van der Waals surface area contributed by atoms with Crippen molar-refractivity contribution >= 4 is 40.1 Å². The number of nitrogens with zero attached hydrogens (tertiary/aromatic N) is 1. The molecule has 0 aromatic heterocycles. The van der Waals surface area contributed by atoms with Crippen molar-refractivity contribution in [1.82, 2.24) is 10.6 Å². The van der Waals surface area contributed by atoms with E-state index in [0.717, 1.165) is 29.8 Å². The van der Waals surface area contributed by atoms with Crippen molar-refractivity contribution in [2.45, 2.75) is 37.3 Å². The first kappa shape index (κ1) is 21.3. The van der Waals surface area contributed by atoms with Crippen LogP contribution in [0.2, 0.25) is 5.02 Å². The lowest BCUT2D eigenvalue weighted by atomic mass is 10.3. The van der Waals surface area contributed by atoms with Crippen molar-refractivity contribution < 1.29 is 4.21 Å². The maximum atomic E-state index is 12.0. The summed E-state index contributed by atoms with van der Waals surface area (Å²) in [6.07, 6.45) is 0. The molecule has 4 nitrogen and oxygen atoms in total. The Balaban J connectivity index is 2.35. The fraction of sp³-hybridized carbons (Fsp3) is 0.588. The molecule has 136 valence electrons. The molecule has 0 aliphatic rings. The van der Waals surface area contributed by atoms with Gasteiger partial charge in [-0.25, -0.2) is 0 Å². The molecule has 0 amide bonds. The number of halogens is 1. The van der Waals surface area contributed by atoms with Crippen LogP contribution in [-0.4, -0.2) is 46.1 Å². The van der Waals surface area contributed by atoms with Gasteiger partial charge in [-0.3, -0.25) is 9.20 Å². The third-order valence-electron chi connectivity index (χ3n) is 3.05. The van der Waals surface area contributed by atoms with Gasteiger partial charge in [-0.15, -0.1) is 11.8 Å². The summed E-state index contributed by atoms with van der Waals surface area (Å²) in [6.45, 7) is 10.2. The third-order valence-corrected chi connectivity index (χ3v) is 6.24. The monoisotopic (exact) mass is 389 g/mol. The van der Waals surface area contributed by atoms with Crippen LogP contribution in [-0.2, 0) is 10.8 Å². The van der Waals surface area contributed by atoms with E-state index in [0.29, 0.717) is 12.3 Å². The Bertz CT molecular complexity index is 542. The smallest absolute Gasteiger partial charge is 0.191 e. The largest absolute Gasteiger partial charge is 0.357 e. The van der Waals surface area contributed by atoms with Crippen LogP contribution in [0.3, 0.4) is 0 Å². The average Bonchev–Trinajstić information content (AvgIpc) is 2.52. The molecule has 24 heavy (non-hydrogen) atoms. The summed E-state index contributed by atoms with van der Waals surface area (Å²) in [6, 6.07) is 7.85. The minimum atomic E-state index is -0.869. The van der Waals surface area contributed by atoms with Gasteiger partial charge in [0, 0.05) is 50.1 Å². The molecule has 0 spiro atoms. The molecule has 1 aromatic rings. The van der Waals surface area contributed by atoms with Gasteiger partial charge in [0.05, 0.1) is 6.54 Å². The van der Waals surface area contributed by atoms with Crippen LogP contribution in [0, 0.1) is 0 Å². The quantitative estimate of drug-likeness (QED) is 0.309.